The van der Waals surface area contributed by atoms with Crippen LogP contribution in [-0.2, 0) is 16.9 Å². The number of carbonyl (C=O) groups excluding carboxylic acids is 1. The lowest BCUT2D eigenvalue weighted by molar-refractivity contribution is -0.202. The van der Waals surface area contributed by atoms with Crippen LogP contribution in [0.3, 0.4) is 0 Å². The first-order chi connectivity index (χ1) is 13.6. The number of hydrogen-bond acceptors (Lipinski definition) is 5. The number of rotatable bonds is 7. The van der Waals surface area contributed by atoms with Crippen molar-refractivity contribution in [2.24, 2.45) is 0 Å². The molecule has 0 radical (unpaired) electrons. The molecule has 3 heterocycles. The van der Waals surface area contributed by atoms with E-state index in [0.717, 1.165) is 16.9 Å². The van der Waals surface area contributed by atoms with E-state index in [1.54, 1.807) is 40.7 Å². The van der Waals surface area contributed by atoms with Crippen molar-refractivity contribution >= 4 is 22.4 Å². The Kier molecular flexibility index (Phi) is 6.04. The van der Waals surface area contributed by atoms with Gasteiger partial charge in [-0.3, -0.25) is 15.1 Å². The molecule has 0 aliphatic rings. The summed E-state index contributed by atoms with van der Waals surface area (Å²) in [6.07, 6.45) is 0.720. The smallest absolute Gasteiger partial charge is 0.360 e. The second-order valence-corrected chi connectivity index (χ2v) is 7.64. The number of aromatic nitrogens is 3. The molecule has 10 heteroatoms. The molecule has 0 aliphatic heterocycles. The molecule has 1 amide bonds. The highest BCUT2D eigenvalue weighted by Gasteiger charge is 2.34. The van der Waals surface area contributed by atoms with Crippen LogP contribution in [0.2, 0.25) is 0 Å². The van der Waals surface area contributed by atoms with Crippen LogP contribution >= 0.6 is 11.3 Å². The lowest BCUT2D eigenvalue weighted by Crippen LogP contribution is -2.29. The van der Waals surface area contributed by atoms with Crippen LogP contribution in [0.1, 0.15) is 35.6 Å². The summed E-state index contributed by atoms with van der Waals surface area (Å²) < 4.78 is 44.0. The van der Waals surface area contributed by atoms with Gasteiger partial charge in [0, 0.05) is 30.5 Å². The minimum atomic E-state index is -4.43. The largest absolute Gasteiger partial charge is 0.411 e. The summed E-state index contributed by atoms with van der Waals surface area (Å²) in [5.74, 6) is -0.362. The second-order valence-electron chi connectivity index (χ2n) is 6.78. The first kappa shape index (κ1) is 21.0. The van der Waals surface area contributed by atoms with Crippen molar-refractivity contribution in [3.8, 4) is 0 Å². The van der Waals surface area contributed by atoms with Gasteiger partial charge in [0.25, 0.3) is 5.91 Å². The number of hydrogen-bond donors (Lipinski definition) is 1. The van der Waals surface area contributed by atoms with E-state index in [1.165, 1.54) is 13.8 Å². The zero-order chi connectivity index (χ0) is 21.1. The Morgan fingerprint density at radius 1 is 1.24 bits per heavy atom. The van der Waals surface area contributed by atoms with Gasteiger partial charge >= 0.3 is 6.18 Å². The Labute approximate surface area is 169 Å². The molecule has 0 bridgehead atoms. The number of anilines is 1. The Bertz CT molecular complexity index is 967. The summed E-state index contributed by atoms with van der Waals surface area (Å²) in [6, 6.07) is 7.16. The summed E-state index contributed by atoms with van der Waals surface area (Å²) in [7, 11) is 0. The first-order valence-electron chi connectivity index (χ1n) is 8.66. The Morgan fingerprint density at radius 3 is 2.66 bits per heavy atom. The molecule has 0 aliphatic carbocycles. The summed E-state index contributed by atoms with van der Waals surface area (Å²) in [5.41, 5.74) is 0.502. The van der Waals surface area contributed by atoms with Crippen molar-refractivity contribution in [2.45, 2.75) is 32.2 Å². The van der Waals surface area contributed by atoms with Gasteiger partial charge in [-0.2, -0.15) is 13.2 Å². The monoisotopic (exact) mass is 424 g/mol. The molecule has 29 heavy (non-hydrogen) atoms. The molecule has 154 valence electrons. The molecule has 3 aromatic rings. The van der Waals surface area contributed by atoms with Gasteiger partial charge in [0.05, 0.1) is 5.69 Å². The molecular formula is C19H19F3N4O2S. The van der Waals surface area contributed by atoms with Crippen LogP contribution in [0.25, 0.3) is 0 Å². The molecule has 0 saturated heterocycles. The fourth-order valence-corrected chi connectivity index (χ4v) is 3.41. The van der Waals surface area contributed by atoms with E-state index in [1.807, 2.05) is 12.1 Å². The minimum absolute atomic E-state index is 0.283. The van der Waals surface area contributed by atoms with Crippen LogP contribution in [0.4, 0.5) is 18.3 Å². The molecule has 3 aromatic heterocycles. The Morgan fingerprint density at radius 2 is 1.97 bits per heavy atom. The summed E-state index contributed by atoms with van der Waals surface area (Å²) in [5, 5.41) is 4.55. The maximum atomic E-state index is 12.6. The average Bonchev–Trinajstić information content (AvgIpc) is 3.30. The fourth-order valence-electron chi connectivity index (χ4n) is 2.55. The van der Waals surface area contributed by atoms with E-state index in [-0.39, 0.29) is 11.0 Å². The maximum absolute atomic E-state index is 12.6. The Balaban J connectivity index is 1.67. The third-order valence-corrected chi connectivity index (χ3v) is 4.86. The quantitative estimate of drug-likeness (QED) is 0.608. The number of alkyl halides is 3. The minimum Gasteiger partial charge on any atom is -0.360 e. The van der Waals surface area contributed by atoms with E-state index in [9.17, 15) is 18.0 Å². The fraction of sp³-hybridized carbons (Fsp3) is 0.316. The van der Waals surface area contributed by atoms with Gasteiger partial charge in [-0.25, -0.2) is 4.98 Å². The van der Waals surface area contributed by atoms with E-state index >= 15 is 0 Å². The standard InChI is InChI=1S/C19H19F3N4O2S/c1-18(2,28-12-19(20,21)22)15-11-29-17(24-15)25-16(27)14-4-3-9-26(14)10-13-5-7-23-8-6-13/h3-9,11H,10,12H2,1-2H3,(H,24,25,27). The van der Waals surface area contributed by atoms with Gasteiger partial charge in [0.15, 0.2) is 5.13 Å². The van der Waals surface area contributed by atoms with Gasteiger partial charge in [0.2, 0.25) is 0 Å². The number of carbonyl (C=O) groups is 1. The van der Waals surface area contributed by atoms with Gasteiger partial charge in [-0.1, -0.05) is 0 Å². The van der Waals surface area contributed by atoms with Crippen molar-refractivity contribution in [2.75, 3.05) is 11.9 Å². The van der Waals surface area contributed by atoms with Crippen LogP contribution < -0.4 is 5.32 Å². The van der Waals surface area contributed by atoms with Crippen LogP contribution in [-0.4, -0.2) is 33.2 Å². The van der Waals surface area contributed by atoms with E-state index in [0.29, 0.717) is 17.9 Å². The summed E-state index contributed by atoms with van der Waals surface area (Å²) in [6.45, 7) is 2.12. The van der Waals surface area contributed by atoms with Crippen LogP contribution in [0.5, 0.6) is 0 Å². The number of amides is 1. The first-order valence-corrected chi connectivity index (χ1v) is 9.54. The highest BCUT2D eigenvalue weighted by atomic mass is 32.1. The zero-order valence-electron chi connectivity index (χ0n) is 15.7. The van der Waals surface area contributed by atoms with Crippen molar-refractivity contribution in [3.05, 3.63) is 65.2 Å². The third kappa shape index (κ3) is 5.64. The lowest BCUT2D eigenvalue weighted by atomic mass is 10.1. The molecule has 6 nitrogen and oxygen atoms in total. The number of nitrogens with zero attached hydrogens (tertiary/aromatic N) is 3. The van der Waals surface area contributed by atoms with Gasteiger partial charge in [-0.05, 0) is 43.7 Å². The van der Waals surface area contributed by atoms with Gasteiger partial charge in [0.1, 0.15) is 17.9 Å². The van der Waals surface area contributed by atoms with Crippen molar-refractivity contribution < 1.29 is 22.7 Å². The van der Waals surface area contributed by atoms with Crippen molar-refractivity contribution in [1.29, 1.82) is 0 Å². The van der Waals surface area contributed by atoms with Crippen molar-refractivity contribution in [1.82, 2.24) is 14.5 Å². The maximum Gasteiger partial charge on any atom is 0.411 e. The third-order valence-electron chi connectivity index (χ3n) is 4.10. The zero-order valence-corrected chi connectivity index (χ0v) is 16.5. The van der Waals surface area contributed by atoms with Crippen molar-refractivity contribution in [3.63, 3.8) is 0 Å². The highest BCUT2D eigenvalue weighted by Crippen LogP contribution is 2.30. The Hall–Kier alpha value is -2.72. The number of thiazole rings is 1. The molecular weight excluding hydrogens is 405 g/mol. The molecule has 0 unspecified atom stereocenters. The lowest BCUT2D eigenvalue weighted by Gasteiger charge is -2.24. The topological polar surface area (TPSA) is 69.0 Å². The van der Waals surface area contributed by atoms with Crippen LogP contribution in [0, 0.1) is 0 Å². The summed E-state index contributed by atoms with van der Waals surface area (Å²) in [4.78, 5) is 20.8. The molecule has 0 fully saturated rings. The van der Waals surface area contributed by atoms with E-state index < -0.39 is 18.4 Å². The predicted molar refractivity (Wildman–Crippen MR) is 103 cm³/mol. The molecule has 0 aromatic carbocycles. The molecule has 0 atom stereocenters. The molecule has 3 rings (SSSR count). The van der Waals surface area contributed by atoms with E-state index in [2.05, 4.69) is 15.3 Å². The normalized spacial score (nSPS) is 12.2. The average molecular weight is 424 g/mol. The van der Waals surface area contributed by atoms with E-state index in [4.69, 9.17) is 4.74 Å². The van der Waals surface area contributed by atoms with Gasteiger partial charge < -0.3 is 9.30 Å². The molecule has 0 saturated carbocycles. The summed E-state index contributed by atoms with van der Waals surface area (Å²) >= 11 is 1.12. The SMILES string of the molecule is CC(C)(OCC(F)(F)F)c1csc(NC(=O)c2cccn2Cc2ccncc2)n1. The number of halogens is 3. The molecule has 1 N–H and O–H groups in total. The predicted octanol–water partition coefficient (Wildman–Crippen LogP) is 4.45. The molecule has 0 spiro atoms. The van der Waals surface area contributed by atoms with Crippen LogP contribution in [0.15, 0.2) is 48.2 Å². The highest BCUT2D eigenvalue weighted by molar-refractivity contribution is 7.14. The second kappa shape index (κ2) is 8.34. The number of nitrogens with one attached hydrogen (secondary N) is 1. The van der Waals surface area contributed by atoms with Gasteiger partial charge in [-0.15, -0.1) is 11.3 Å². The number of ether oxygens (including phenoxy) is 1. The number of pyridine rings is 1.